The number of likely N-dealkylation sites (tertiary alicyclic amines) is 1. The van der Waals surface area contributed by atoms with E-state index in [1.165, 1.54) is 11.3 Å². The van der Waals surface area contributed by atoms with Crippen molar-refractivity contribution in [2.75, 3.05) is 19.7 Å². The summed E-state index contributed by atoms with van der Waals surface area (Å²) in [5.41, 5.74) is 2.42. The van der Waals surface area contributed by atoms with Gasteiger partial charge in [0, 0.05) is 55.1 Å². The van der Waals surface area contributed by atoms with Crippen LogP contribution in [0.25, 0.3) is 21.4 Å². The molecule has 1 N–H and O–H groups in total. The van der Waals surface area contributed by atoms with Gasteiger partial charge < -0.3 is 19.2 Å². The highest BCUT2D eigenvalue weighted by molar-refractivity contribution is 7.19. The lowest BCUT2D eigenvalue weighted by Crippen LogP contribution is -2.45. The molecule has 3 aromatic heterocycles. The normalized spacial score (nSPS) is 15.0. The van der Waals surface area contributed by atoms with Crippen molar-refractivity contribution in [3.63, 3.8) is 0 Å². The molecule has 10 nitrogen and oxygen atoms in total. The average molecular weight is 468 g/mol. The largest absolute Gasteiger partial charge is 0.464 e. The fraction of sp³-hybridized carbons (Fsp3) is 0.318. The second-order valence-corrected chi connectivity index (χ2v) is 8.65. The highest BCUT2D eigenvalue weighted by Gasteiger charge is 2.22. The third-order valence-electron chi connectivity index (χ3n) is 5.49. The monoisotopic (exact) mass is 467 g/mol. The molecule has 1 aromatic carbocycles. The molecule has 4 aromatic rings. The molecule has 0 saturated carbocycles. The number of carbonyl (C=O) groups is 2. The third-order valence-corrected chi connectivity index (χ3v) is 6.32. The zero-order valence-corrected chi connectivity index (χ0v) is 18.4. The molecule has 0 unspecified atom stereocenters. The maximum atomic E-state index is 11.7. The SMILES string of the molecule is O=COCC(=O)NC1CCN(Cc2coc3cc(Oc4nc5nccnc5s4)ccc23)CC1. The summed E-state index contributed by atoms with van der Waals surface area (Å²) in [6.45, 7) is 2.52. The molecular formula is C22H21N5O5S. The third kappa shape index (κ3) is 4.94. The van der Waals surface area contributed by atoms with Gasteiger partial charge in [-0.3, -0.25) is 14.5 Å². The topological polar surface area (TPSA) is 120 Å². The van der Waals surface area contributed by atoms with E-state index in [0.717, 1.165) is 53.8 Å². The van der Waals surface area contributed by atoms with Crippen molar-refractivity contribution in [2.24, 2.45) is 0 Å². The van der Waals surface area contributed by atoms with Crippen LogP contribution < -0.4 is 10.1 Å². The molecule has 1 aliphatic heterocycles. The minimum Gasteiger partial charge on any atom is -0.464 e. The molecule has 1 fully saturated rings. The number of aromatic nitrogens is 3. The second-order valence-electron chi connectivity index (χ2n) is 7.71. The number of piperidine rings is 1. The van der Waals surface area contributed by atoms with Crippen LogP contribution in [0.4, 0.5) is 0 Å². The number of ether oxygens (including phenoxy) is 2. The maximum Gasteiger partial charge on any atom is 0.293 e. The number of hydrogen-bond donors (Lipinski definition) is 1. The number of fused-ring (bicyclic) bond motifs is 2. The van der Waals surface area contributed by atoms with E-state index in [9.17, 15) is 9.59 Å². The van der Waals surface area contributed by atoms with Gasteiger partial charge >= 0.3 is 0 Å². The first-order valence-electron chi connectivity index (χ1n) is 10.5. The van der Waals surface area contributed by atoms with Gasteiger partial charge in [-0.05, 0) is 25.0 Å². The van der Waals surface area contributed by atoms with Crippen molar-refractivity contribution in [3.05, 3.63) is 42.4 Å². The number of thiazole rings is 1. The summed E-state index contributed by atoms with van der Waals surface area (Å²) in [6, 6.07) is 5.84. The number of nitrogens with zero attached hydrogens (tertiary/aromatic N) is 4. The first-order chi connectivity index (χ1) is 16.2. The zero-order chi connectivity index (χ0) is 22.6. The molecule has 0 aliphatic carbocycles. The highest BCUT2D eigenvalue weighted by atomic mass is 32.1. The summed E-state index contributed by atoms with van der Waals surface area (Å²) in [5.74, 6) is 0.371. The predicted molar refractivity (Wildman–Crippen MR) is 120 cm³/mol. The van der Waals surface area contributed by atoms with E-state index in [4.69, 9.17) is 9.15 Å². The molecule has 1 saturated heterocycles. The van der Waals surface area contributed by atoms with E-state index >= 15 is 0 Å². The number of rotatable bonds is 8. The Morgan fingerprint density at radius 1 is 1.27 bits per heavy atom. The van der Waals surface area contributed by atoms with Crippen molar-refractivity contribution in [2.45, 2.75) is 25.4 Å². The first-order valence-corrected chi connectivity index (χ1v) is 11.3. The van der Waals surface area contributed by atoms with Gasteiger partial charge in [0.15, 0.2) is 17.1 Å². The summed E-state index contributed by atoms with van der Waals surface area (Å²) in [4.78, 5) is 37.7. The maximum absolute atomic E-state index is 11.7. The van der Waals surface area contributed by atoms with Gasteiger partial charge in [0.2, 0.25) is 0 Å². The molecule has 0 atom stereocenters. The summed E-state index contributed by atoms with van der Waals surface area (Å²) in [6.07, 6.45) is 6.69. The molecular weight excluding hydrogens is 446 g/mol. The van der Waals surface area contributed by atoms with E-state index in [2.05, 4.69) is 29.9 Å². The Morgan fingerprint density at radius 2 is 2.12 bits per heavy atom. The average Bonchev–Trinajstić information content (AvgIpc) is 3.42. The van der Waals surface area contributed by atoms with Crippen molar-refractivity contribution in [1.29, 1.82) is 0 Å². The number of benzene rings is 1. The standard InChI is InChI=1S/C22H21N5O5S/c28-13-30-12-19(29)25-15-3-7-27(8-4-15)10-14-11-31-18-9-16(1-2-17(14)18)32-22-26-20-21(33-22)24-6-5-23-20/h1-2,5-6,9,11,13,15H,3-4,7-8,10,12H2,(H,25,29). The Morgan fingerprint density at radius 3 is 2.94 bits per heavy atom. The van der Waals surface area contributed by atoms with E-state index in [1.54, 1.807) is 18.7 Å². The molecule has 0 spiro atoms. The lowest BCUT2D eigenvalue weighted by molar-refractivity contribution is -0.137. The van der Waals surface area contributed by atoms with E-state index < -0.39 is 0 Å². The van der Waals surface area contributed by atoms with Gasteiger partial charge in [-0.15, -0.1) is 0 Å². The molecule has 0 radical (unpaired) electrons. The lowest BCUT2D eigenvalue weighted by Gasteiger charge is -2.32. The smallest absolute Gasteiger partial charge is 0.293 e. The second kappa shape index (κ2) is 9.51. The van der Waals surface area contributed by atoms with E-state index in [1.807, 2.05) is 18.2 Å². The zero-order valence-electron chi connectivity index (χ0n) is 17.6. The van der Waals surface area contributed by atoms with Crippen LogP contribution in [0.5, 0.6) is 10.9 Å². The van der Waals surface area contributed by atoms with E-state index in [-0.39, 0.29) is 25.0 Å². The number of furan rings is 1. The number of hydrogen-bond acceptors (Lipinski definition) is 10. The van der Waals surface area contributed by atoms with Crippen LogP contribution >= 0.6 is 11.3 Å². The van der Waals surface area contributed by atoms with Crippen molar-refractivity contribution >= 4 is 45.2 Å². The van der Waals surface area contributed by atoms with Gasteiger partial charge in [-0.1, -0.05) is 11.3 Å². The molecule has 1 aliphatic rings. The molecule has 0 bridgehead atoms. The first kappa shape index (κ1) is 21.3. The Balaban J connectivity index is 1.19. The molecule has 170 valence electrons. The summed E-state index contributed by atoms with van der Waals surface area (Å²) in [7, 11) is 0. The van der Waals surface area contributed by atoms with Crippen molar-refractivity contribution < 1.29 is 23.5 Å². The molecule has 1 amide bonds. The molecule has 33 heavy (non-hydrogen) atoms. The molecule has 4 heterocycles. The quantitative estimate of drug-likeness (QED) is 0.390. The number of amides is 1. The minimum absolute atomic E-state index is 0.0951. The van der Waals surface area contributed by atoms with Crippen LogP contribution in [0.15, 0.2) is 41.3 Å². The Bertz CT molecular complexity index is 1250. The van der Waals surface area contributed by atoms with Gasteiger partial charge in [0.05, 0.1) is 6.26 Å². The molecule has 11 heteroatoms. The highest BCUT2D eigenvalue weighted by Crippen LogP contribution is 2.32. The van der Waals surface area contributed by atoms with Crippen LogP contribution in [0, 0.1) is 0 Å². The van der Waals surface area contributed by atoms with Gasteiger partial charge in [-0.2, -0.15) is 4.98 Å². The van der Waals surface area contributed by atoms with Crippen LogP contribution in [-0.2, 0) is 20.9 Å². The Hall–Kier alpha value is -3.57. The molecule has 5 rings (SSSR count). The van der Waals surface area contributed by atoms with Crippen molar-refractivity contribution in [1.82, 2.24) is 25.2 Å². The lowest BCUT2D eigenvalue weighted by atomic mass is 10.0. The van der Waals surface area contributed by atoms with Gasteiger partial charge in [0.1, 0.15) is 11.3 Å². The fourth-order valence-corrected chi connectivity index (χ4v) is 4.65. The predicted octanol–water partition coefficient (Wildman–Crippen LogP) is 2.88. The summed E-state index contributed by atoms with van der Waals surface area (Å²) < 4.78 is 16.2. The summed E-state index contributed by atoms with van der Waals surface area (Å²) in [5, 5.41) is 4.42. The fourth-order valence-electron chi connectivity index (χ4n) is 3.91. The van der Waals surface area contributed by atoms with Gasteiger partial charge in [-0.25, -0.2) is 9.97 Å². The van der Waals surface area contributed by atoms with Crippen molar-refractivity contribution in [3.8, 4) is 10.9 Å². The van der Waals surface area contributed by atoms with Crippen LogP contribution in [0.1, 0.15) is 18.4 Å². The van der Waals surface area contributed by atoms with Gasteiger partial charge in [0.25, 0.3) is 17.6 Å². The minimum atomic E-state index is -0.266. The Labute approximate surface area is 192 Å². The van der Waals surface area contributed by atoms with E-state index in [0.29, 0.717) is 16.6 Å². The van der Waals surface area contributed by atoms with Crippen LogP contribution in [0.2, 0.25) is 0 Å². The Kier molecular flexibility index (Phi) is 6.13. The van der Waals surface area contributed by atoms with Crippen LogP contribution in [0.3, 0.4) is 0 Å². The number of nitrogens with one attached hydrogen (secondary N) is 1. The summed E-state index contributed by atoms with van der Waals surface area (Å²) >= 11 is 1.34. The van der Waals surface area contributed by atoms with Crippen LogP contribution in [-0.4, -0.2) is 58.0 Å². The number of carbonyl (C=O) groups excluding carboxylic acids is 2.